The van der Waals surface area contributed by atoms with Gasteiger partial charge < -0.3 is 14.8 Å². The molecule has 4 aromatic rings. The smallest absolute Gasteiger partial charge is 0.246 e. The fourth-order valence-corrected chi connectivity index (χ4v) is 4.42. The van der Waals surface area contributed by atoms with Gasteiger partial charge in [-0.25, -0.2) is 4.98 Å². The molecule has 0 aliphatic heterocycles. The van der Waals surface area contributed by atoms with Crippen molar-refractivity contribution < 1.29 is 9.59 Å². The number of rotatable bonds is 12. The first-order valence-electron chi connectivity index (χ1n) is 13.0. The summed E-state index contributed by atoms with van der Waals surface area (Å²) in [6.07, 6.45) is 6.96. The Bertz CT molecular complexity index is 1330. The van der Waals surface area contributed by atoms with Gasteiger partial charge in [-0.2, -0.15) is 0 Å². The van der Waals surface area contributed by atoms with Crippen LogP contribution in [-0.4, -0.2) is 34.5 Å². The average Bonchev–Trinajstić information content (AvgIpc) is 3.28. The Kier molecular flexibility index (Phi) is 9.24. The standard InChI is InChI=1S/C31H34N4O2/c1-2-34(26-16-8-4-9-17-26)31(37)24-35-28-19-12-11-18-27(28)33-29(35)20-10-5-13-23-32-30(36)22-21-25-14-6-3-7-15-25/h3-4,6-9,11-12,14-19,21-22H,2,5,10,13,20,23-24H2,1H3,(H,32,36)/b22-21+. The van der Waals surface area contributed by atoms with Crippen LogP contribution in [0.25, 0.3) is 17.1 Å². The number of likely N-dealkylation sites (N-methyl/N-ethyl adjacent to an activating group) is 1. The lowest BCUT2D eigenvalue weighted by molar-refractivity contribution is -0.119. The molecule has 190 valence electrons. The first kappa shape index (κ1) is 25.9. The molecule has 0 spiro atoms. The number of nitrogens with zero attached hydrogens (tertiary/aromatic N) is 3. The molecule has 1 aromatic heterocycles. The molecular weight excluding hydrogens is 460 g/mol. The first-order valence-corrected chi connectivity index (χ1v) is 13.0. The Morgan fingerprint density at radius 3 is 2.35 bits per heavy atom. The number of unbranched alkanes of at least 4 members (excludes halogenated alkanes) is 2. The van der Waals surface area contributed by atoms with Crippen molar-refractivity contribution >= 4 is 34.6 Å². The van der Waals surface area contributed by atoms with Crippen LogP contribution in [0.4, 0.5) is 5.69 Å². The van der Waals surface area contributed by atoms with E-state index in [1.54, 1.807) is 6.08 Å². The Balaban J connectivity index is 1.31. The van der Waals surface area contributed by atoms with Gasteiger partial charge in [-0.1, -0.05) is 67.1 Å². The number of hydrogen-bond donors (Lipinski definition) is 1. The van der Waals surface area contributed by atoms with Crippen molar-refractivity contribution in [1.82, 2.24) is 14.9 Å². The third-order valence-electron chi connectivity index (χ3n) is 6.32. The maximum Gasteiger partial charge on any atom is 0.246 e. The molecule has 0 saturated heterocycles. The van der Waals surface area contributed by atoms with E-state index in [4.69, 9.17) is 4.98 Å². The molecular formula is C31H34N4O2. The normalized spacial score (nSPS) is 11.2. The summed E-state index contributed by atoms with van der Waals surface area (Å²) >= 11 is 0. The van der Waals surface area contributed by atoms with Crippen LogP contribution in [0.1, 0.15) is 37.6 Å². The molecule has 0 radical (unpaired) electrons. The number of para-hydroxylation sites is 3. The molecule has 3 aromatic carbocycles. The van der Waals surface area contributed by atoms with Crippen molar-refractivity contribution in [2.45, 2.75) is 39.2 Å². The zero-order valence-electron chi connectivity index (χ0n) is 21.3. The SMILES string of the molecule is CCN(C(=O)Cn1c(CCCCCNC(=O)/C=C/c2ccccc2)nc2ccccc21)c1ccccc1. The molecule has 2 amide bonds. The highest BCUT2D eigenvalue weighted by Crippen LogP contribution is 2.20. The molecule has 37 heavy (non-hydrogen) atoms. The fourth-order valence-electron chi connectivity index (χ4n) is 4.42. The fraction of sp³-hybridized carbons (Fsp3) is 0.258. The van der Waals surface area contributed by atoms with Crippen molar-refractivity contribution in [3.05, 3.63) is 102 Å². The van der Waals surface area contributed by atoms with E-state index >= 15 is 0 Å². The topological polar surface area (TPSA) is 67.2 Å². The highest BCUT2D eigenvalue weighted by atomic mass is 16.2. The number of aromatic nitrogens is 2. The first-order chi connectivity index (χ1) is 18.2. The number of imidazole rings is 1. The van der Waals surface area contributed by atoms with Crippen molar-refractivity contribution in [3.63, 3.8) is 0 Å². The number of anilines is 1. The van der Waals surface area contributed by atoms with E-state index in [-0.39, 0.29) is 18.4 Å². The molecule has 6 nitrogen and oxygen atoms in total. The van der Waals surface area contributed by atoms with E-state index in [0.717, 1.165) is 53.8 Å². The third kappa shape index (κ3) is 7.17. The molecule has 1 N–H and O–H groups in total. The summed E-state index contributed by atoms with van der Waals surface area (Å²) in [6, 6.07) is 27.5. The van der Waals surface area contributed by atoms with E-state index in [1.165, 1.54) is 0 Å². The van der Waals surface area contributed by atoms with Gasteiger partial charge in [0.2, 0.25) is 11.8 Å². The van der Waals surface area contributed by atoms with Crippen LogP contribution in [-0.2, 0) is 22.6 Å². The zero-order valence-corrected chi connectivity index (χ0v) is 21.3. The van der Waals surface area contributed by atoms with Crippen LogP contribution < -0.4 is 10.2 Å². The minimum atomic E-state index is -0.0805. The van der Waals surface area contributed by atoms with Crippen molar-refractivity contribution in [1.29, 1.82) is 0 Å². The van der Waals surface area contributed by atoms with Gasteiger partial charge in [-0.15, -0.1) is 0 Å². The van der Waals surface area contributed by atoms with Crippen molar-refractivity contribution in [3.8, 4) is 0 Å². The third-order valence-corrected chi connectivity index (χ3v) is 6.32. The average molecular weight is 495 g/mol. The molecule has 0 bridgehead atoms. The summed E-state index contributed by atoms with van der Waals surface area (Å²) in [5.41, 5.74) is 3.80. The lowest BCUT2D eigenvalue weighted by atomic mass is 10.2. The molecule has 0 unspecified atom stereocenters. The lowest BCUT2D eigenvalue weighted by Gasteiger charge is -2.22. The highest BCUT2D eigenvalue weighted by molar-refractivity contribution is 5.94. The predicted octanol–water partition coefficient (Wildman–Crippen LogP) is 5.63. The quantitative estimate of drug-likeness (QED) is 0.205. The Hall–Kier alpha value is -4.19. The van der Waals surface area contributed by atoms with Crippen molar-refractivity contribution in [2.24, 2.45) is 0 Å². The number of aryl methyl sites for hydroxylation is 1. The molecule has 0 fully saturated rings. The molecule has 4 rings (SSSR count). The van der Waals surface area contributed by atoms with Crippen LogP contribution >= 0.6 is 0 Å². The summed E-state index contributed by atoms with van der Waals surface area (Å²) in [7, 11) is 0. The van der Waals surface area contributed by atoms with Crippen LogP contribution in [0.15, 0.2) is 91.0 Å². The Morgan fingerprint density at radius 2 is 1.59 bits per heavy atom. The second kappa shape index (κ2) is 13.2. The van der Waals surface area contributed by atoms with Gasteiger partial charge in [0, 0.05) is 31.3 Å². The maximum absolute atomic E-state index is 13.3. The number of amides is 2. The van der Waals surface area contributed by atoms with Gasteiger partial charge in [-0.3, -0.25) is 9.59 Å². The van der Waals surface area contributed by atoms with E-state index in [1.807, 2.05) is 103 Å². The van der Waals surface area contributed by atoms with Gasteiger partial charge in [0.05, 0.1) is 11.0 Å². The predicted molar refractivity (Wildman–Crippen MR) is 150 cm³/mol. The van der Waals surface area contributed by atoms with Crippen molar-refractivity contribution in [2.75, 3.05) is 18.0 Å². The van der Waals surface area contributed by atoms with Crippen LogP contribution in [0, 0.1) is 0 Å². The minimum Gasteiger partial charge on any atom is -0.353 e. The number of nitrogens with one attached hydrogen (secondary N) is 1. The van der Waals surface area contributed by atoms with E-state index in [0.29, 0.717) is 13.1 Å². The summed E-state index contributed by atoms with van der Waals surface area (Å²) in [6.45, 7) is 3.49. The van der Waals surface area contributed by atoms with Gasteiger partial charge >= 0.3 is 0 Å². The number of benzene rings is 3. The second-order valence-electron chi connectivity index (χ2n) is 8.92. The summed E-state index contributed by atoms with van der Waals surface area (Å²) in [5, 5.41) is 2.95. The maximum atomic E-state index is 13.3. The Labute approximate surface area is 218 Å². The van der Waals surface area contributed by atoms with Gasteiger partial charge in [0.25, 0.3) is 0 Å². The zero-order chi connectivity index (χ0) is 25.9. The number of carbonyl (C=O) groups excluding carboxylic acids is 2. The monoisotopic (exact) mass is 494 g/mol. The van der Waals surface area contributed by atoms with E-state index < -0.39 is 0 Å². The Morgan fingerprint density at radius 1 is 0.892 bits per heavy atom. The van der Waals surface area contributed by atoms with Gasteiger partial charge in [0.1, 0.15) is 12.4 Å². The van der Waals surface area contributed by atoms with E-state index in [2.05, 4.69) is 9.88 Å². The van der Waals surface area contributed by atoms with Crippen LogP contribution in [0.5, 0.6) is 0 Å². The molecule has 0 aliphatic rings. The minimum absolute atomic E-state index is 0.0457. The molecule has 6 heteroatoms. The number of hydrogen-bond acceptors (Lipinski definition) is 3. The molecule has 0 saturated carbocycles. The highest BCUT2D eigenvalue weighted by Gasteiger charge is 2.18. The number of fused-ring (bicyclic) bond motifs is 1. The van der Waals surface area contributed by atoms with Gasteiger partial charge in [0.15, 0.2) is 0 Å². The second-order valence-corrected chi connectivity index (χ2v) is 8.92. The summed E-state index contributed by atoms with van der Waals surface area (Å²) in [5.74, 6) is 0.890. The summed E-state index contributed by atoms with van der Waals surface area (Å²) in [4.78, 5) is 32.0. The lowest BCUT2D eigenvalue weighted by Crippen LogP contribution is -2.34. The van der Waals surface area contributed by atoms with E-state index in [9.17, 15) is 9.59 Å². The van der Waals surface area contributed by atoms with Crippen LogP contribution in [0.2, 0.25) is 0 Å². The molecule has 0 atom stereocenters. The van der Waals surface area contributed by atoms with Gasteiger partial charge in [-0.05, 0) is 55.7 Å². The number of carbonyl (C=O) groups is 2. The molecule has 0 aliphatic carbocycles. The largest absolute Gasteiger partial charge is 0.353 e. The molecule has 1 heterocycles. The van der Waals surface area contributed by atoms with Crippen LogP contribution in [0.3, 0.4) is 0 Å². The summed E-state index contributed by atoms with van der Waals surface area (Å²) < 4.78 is 2.05.